The van der Waals surface area contributed by atoms with Crippen molar-refractivity contribution in [1.29, 1.82) is 0 Å². The van der Waals surface area contributed by atoms with E-state index in [1.165, 1.54) is 0 Å². The fourth-order valence-electron chi connectivity index (χ4n) is 4.69. The van der Waals surface area contributed by atoms with E-state index in [1.54, 1.807) is 6.07 Å². The van der Waals surface area contributed by atoms with Gasteiger partial charge in [0.2, 0.25) is 5.78 Å². The van der Waals surface area contributed by atoms with Crippen molar-refractivity contribution < 1.29 is 13.6 Å². The fraction of sp³-hybridized carbons (Fsp3) is 0.393. The Morgan fingerprint density at radius 2 is 1.69 bits per heavy atom. The predicted molar refractivity (Wildman–Crippen MR) is 137 cm³/mol. The number of aryl methyl sites for hydroxylation is 2. The van der Waals surface area contributed by atoms with E-state index < -0.39 is 11.3 Å². The lowest BCUT2D eigenvalue weighted by atomic mass is 9.99. The summed E-state index contributed by atoms with van der Waals surface area (Å²) in [4.78, 5) is 40.3. The predicted octanol–water partition coefficient (Wildman–Crippen LogP) is 4.85. The third-order valence-electron chi connectivity index (χ3n) is 6.51. The van der Waals surface area contributed by atoms with Crippen LogP contribution in [0, 0.1) is 0 Å². The van der Waals surface area contributed by atoms with Crippen LogP contribution >= 0.6 is 0 Å². The number of benzene rings is 1. The highest BCUT2D eigenvalue weighted by molar-refractivity contribution is 6.15. The Bertz CT molecular complexity index is 1460. The standard InChI is InChI=1S/C28H32N2O5/c1-4-15-29(6-3)16-9-7-11-20-13-14-22(26-25(20)34-27(32)28(33)35-26)24(31)23-19(5-2)18-21-12-8-10-17-30(21)23/h8,10,12-14,17-18H,4-7,9,11,15-16H2,1-3H3. The molecule has 0 radical (unpaired) electrons. The quantitative estimate of drug-likeness (QED) is 0.175. The molecule has 0 aliphatic carbocycles. The number of aromatic nitrogens is 1. The van der Waals surface area contributed by atoms with Gasteiger partial charge < -0.3 is 18.1 Å². The summed E-state index contributed by atoms with van der Waals surface area (Å²) in [6.45, 7) is 9.42. The molecule has 7 nitrogen and oxygen atoms in total. The van der Waals surface area contributed by atoms with Crippen LogP contribution in [0.15, 0.2) is 61.0 Å². The summed E-state index contributed by atoms with van der Waals surface area (Å²) >= 11 is 0. The molecule has 3 aromatic heterocycles. The average molecular weight is 477 g/mol. The Labute approximate surface area is 204 Å². The maximum absolute atomic E-state index is 13.7. The topological polar surface area (TPSA) is 85.1 Å². The van der Waals surface area contributed by atoms with Crippen LogP contribution in [0.1, 0.15) is 67.2 Å². The normalized spacial score (nSPS) is 11.7. The molecule has 0 N–H and O–H groups in total. The van der Waals surface area contributed by atoms with Crippen LogP contribution in [-0.2, 0) is 12.8 Å². The van der Waals surface area contributed by atoms with Crippen LogP contribution in [0.25, 0.3) is 16.7 Å². The summed E-state index contributed by atoms with van der Waals surface area (Å²) in [5, 5.41) is 0. The van der Waals surface area contributed by atoms with Crippen molar-refractivity contribution in [2.45, 2.75) is 52.9 Å². The number of pyridine rings is 1. The second-order valence-corrected chi connectivity index (χ2v) is 8.80. The lowest BCUT2D eigenvalue weighted by Gasteiger charge is -2.19. The van der Waals surface area contributed by atoms with Crippen LogP contribution in [0.2, 0.25) is 0 Å². The van der Waals surface area contributed by atoms with Crippen LogP contribution in [-0.4, -0.2) is 34.7 Å². The lowest BCUT2D eigenvalue weighted by Crippen LogP contribution is -2.25. The number of rotatable bonds is 11. The number of fused-ring (bicyclic) bond motifs is 2. The van der Waals surface area contributed by atoms with Crippen LogP contribution in [0.3, 0.4) is 0 Å². The van der Waals surface area contributed by atoms with Crippen molar-refractivity contribution >= 4 is 22.5 Å². The first-order chi connectivity index (χ1) is 17.0. The smallest absolute Gasteiger partial charge is 0.414 e. The molecule has 0 aliphatic rings. The summed E-state index contributed by atoms with van der Waals surface area (Å²) in [7, 11) is 0. The average Bonchev–Trinajstić information content (AvgIpc) is 3.25. The Balaban J connectivity index is 1.71. The largest absolute Gasteiger partial charge is 0.423 e. The summed E-state index contributed by atoms with van der Waals surface area (Å²) in [6.07, 6.45) is 6.16. The van der Waals surface area contributed by atoms with E-state index >= 15 is 0 Å². The second-order valence-electron chi connectivity index (χ2n) is 8.80. The van der Waals surface area contributed by atoms with Gasteiger partial charge in [-0.05, 0) is 87.1 Å². The van der Waals surface area contributed by atoms with Crippen molar-refractivity contribution in [2.24, 2.45) is 0 Å². The third kappa shape index (κ3) is 5.00. The fourth-order valence-corrected chi connectivity index (χ4v) is 4.69. The van der Waals surface area contributed by atoms with Crippen molar-refractivity contribution in [3.05, 3.63) is 85.8 Å². The first kappa shape index (κ1) is 24.7. The van der Waals surface area contributed by atoms with Gasteiger partial charge in [-0.2, -0.15) is 0 Å². The van der Waals surface area contributed by atoms with Crippen LogP contribution in [0.5, 0.6) is 0 Å². The summed E-state index contributed by atoms with van der Waals surface area (Å²) < 4.78 is 12.6. The molecule has 0 fully saturated rings. The first-order valence-corrected chi connectivity index (χ1v) is 12.4. The summed E-state index contributed by atoms with van der Waals surface area (Å²) in [5.74, 6) is -0.278. The van der Waals surface area contributed by atoms with Crippen LogP contribution < -0.4 is 11.3 Å². The van der Waals surface area contributed by atoms with Gasteiger partial charge in [0, 0.05) is 11.7 Å². The van der Waals surface area contributed by atoms with Gasteiger partial charge in [0.15, 0.2) is 11.2 Å². The van der Waals surface area contributed by atoms with Gasteiger partial charge in [-0.15, -0.1) is 0 Å². The van der Waals surface area contributed by atoms with E-state index in [-0.39, 0.29) is 22.5 Å². The third-order valence-corrected chi connectivity index (χ3v) is 6.51. The van der Waals surface area contributed by atoms with Gasteiger partial charge in [0.05, 0.1) is 11.3 Å². The second kappa shape index (κ2) is 10.9. The van der Waals surface area contributed by atoms with Crippen molar-refractivity contribution in [3.8, 4) is 0 Å². The molecule has 0 bridgehead atoms. The minimum atomic E-state index is -1.11. The molecule has 1 aromatic carbocycles. The number of unbranched alkanes of at least 4 members (excludes halogenated alkanes) is 1. The Kier molecular flexibility index (Phi) is 7.66. The molecule has 0 atom stereocenters. The monoisotopic (exact) mass is 476 g/mol. The van der Waals surface area contributed by atoms with E-state index in [2.05, 4.69) is 18.7 Å². The number of ketones is 1. The molecule has 0 amide bonds. The minimum Gasteiger partial charge on any atom is -0.414 e. The van der Waals surface area contributed by atoms with E-state index in [4.69, 9.17) is 8.83 Å². The zero-order chi connectivity index (χ0) is 24.9. The maximum atomic E-state index is 13.7. The maximum Gasteiger partial charge on any atom is 0.423 e. The zero-order valence-electron chi connectivity index (χ0n) is 20.6. The molecule has 0 saturated heterocycles. The molecule has 7 heteroatoms. The highest BCUT2D eigenvalue weighted by Gasteiger charge is 2.24. The van der Waals surface area contributed by atoms with E-state index in [9.17, 15) is 14.4 Å². The van der Waals surface area contributed by atoms with Gasteiger partial charge >= 0.3 is 11.3 Å². The highest BCUT2D eigenvalue weighted by Crippen LogP contribution is 2.27. The van der Waals surface area contributed by atoms with Crippen LogP contribution in [0.4, 0.5) is 0 Å². The SMILES string of the molecule is CCCN(CC)CCCCc1ccc(C(=O)c2c(CC)cc3ccccn23)c2oc(=O)c(=O)oc12. The molecule has 3 heterocycles. The summed E-state index contributed by atoms with van der Waals surface area (Å²) in [6, 6.07) is 11.2. The summed E-state index contributed by atoms with van der Waals surface area (Å²) in [5.41, 5.74) is 1.32. The van der Waals surface area contributed by atoms with Crippen molar-refractivity contribution in [2.75, 3.05) is 19.6 Å². The van der Waals surface area contributed by atoms with Crippen molar-refractivity contribution in [1.82, 2.24) is 9.30 Å². The molecule has 184 valence electrons. The molecule has 0 unspecified atom stereocenters. The van der Waals surface area contributed by atoms with Gasteiger partial charge in [-0.3, -0.25) is 4.79 Å². The van der Waals surface area contributed by atoms with E-state index in [0.29, 0.717) is 18.5 Å². The van der Waals surface area contributed by atoms with Crippen molar-refractivity contribution in [3.63, 3.8) is 0 Å². The zero-order valence-corrected chi connectivity index (χ0v) is 20.6. The van der Waals surface area contributed by atoms with Gasteiger partial charge in [0.25, 0.3) is 0 Å². The molecular weight excluding hydrogens is 444 g/mol. The Morgan fingerprint density at radius 3 is 2.40 bits per heavy atom. The number of nitrogens with zero attached hydrogens (tertiary/aromatic N) is 2. The number of hydrogen-bond acceptors (Lipinski definition) is 6. The molecular formula is C28H32N2O5. The van der Waals surface area contributed by atoms with Gasteiger partial charge in [-0.25, -0.2) is 9.59 Å². The molecule has 35 heavy (non-hydrogen) atoms. The molecule has 0 aliphatic heterocycles. The lowest BCUT2D eigenvalue weighted by molar-refractivity contribution is 0.103. The number of carbonyl (C=O) groups excluding carboxylic acids is 1. The van der Waals surface area contributed by atoms with Gasteiger partial charge in [0.1, 0.15) is 0 Å². The van der Waals surface area contributed by atoms with E-state index in [0.717, 1.165) is 55.5 Å². The number of carbonyl (C=O) groups is 1. The Hall–Kier alpha value is -3.45. The highest BCUT2D eigenvalue weighted by atomic mass is 16.5. The Morgan fingerprint density at radius 1 is 0.914 bits per heavy atom. The van der Waals surface area contributed by atoms with E-state index in [1.807, 2.05) is 47.9 Å². The molecule has 0 saturated carbocycles. The molecule has 0 spiro atoms. The molecule has 4 aromatic rings. The first-order valence-electron chi connectivity index (χ1n) is 12.4. The minimum absolute atomic E-state index is 0.0335. The molecule has 4 rings (SSSR count). The number of hydrogen-bond donors (Lipinski definition) is 0. The van der Waals surface area contributed by atoms with Gasteiger partial charge in [-0.1, -0.05) is 32.9 Å².